The van der Waals surface area contributed by atoms with Crippen LogP contribution in [0.1, 0.15) is 5.56 Å². The van der Waals surface area contributed by atoms with Crippen molar-refractivity contribution in [3.63, 3.8) is 0 Å². The number of carbonyl (C=O) groups is 1. The third kappa shape index (κ3) is 4.48. The first-order valence-corrected chi connectivity index (χ1v) is 8.60. The first-order chi connectivity index (χ1) is 13.6. The van der Waals surface area contributed by atoms with Gasteiger partial charge in [0.05, 0.1) is 13.7 Å². The first-order valence-electron chi connectivity index (χ1n) is 8.60. The van der Waals surface area contributed by atoms with Gasteiger partial charge >= 0.3 is 5.97 Å². The van der Waals surface area contributed by atoms with Crippen LogP contribution >= 0.6 is 0 Å². The molecule has 7 heteroatoms. The van der Waals surface area contributed by atoms with Gasteiger partial charge in [-0.25, -0.2) is 4.79 Å². The number of carbonyl (C=O) groups excluding carboxylic acids is 1. The number of likely N-dealkylation sites (N-methyl/N-ethyl adjacent to an activating group) is 1. The Kier molecular flexibility index (Phi) is 5.92. The molecule has 0 aliphatic carbocycles. The van der Waals surface area contributed by atoms with Crippen LogP contribution in [0.25, 0.3) is 17.2 Å². The molecule has 0 radical (unpaired) electrons. The van der Waals surface area contributed by atoms with Crippen molar-refractivity contribution in [2.75, 3.05) is 32.2 Å². The van der Waals surface area contributed by atoms with Crippen LogP contribution in [-0.2, 0) is 9.53 Å². The van der Waals surface area contributed by atoms with E-state index >= 15 is 0 Å². The molecular weight excluding hydrogens is 358 g/mol. The van der Waals surface area contributed by atoms with E-state index in [0.29, 0.717) is 30.5 Å². The van der Waals surface area contributed by atoms with Crippen molar-refractivity contribution in [3.05, 3.63) is 59.7 Å². The maximum atomic E-state index is 11.4. The topological polar surface area (TPSA) is 88.6 Å². The number of rotatable bonds is 7. The number of ether oxygens (including phenoxy) is 2. The predicted octanol–water partition coefficient (Wildman–Crippen LogP) is 3.42. The monoisotopic (exact) mass is 377 g/mol. The van der Waals surface area contributed by atoms with Gasteiger partial charge in [0.1, 0.15) is 29.5 Å². The van der Waals surface area contributed by atoms with Gasteiger partial charge < -0.3 is 18.8 Å². The fourth-order valence-electron chi connectivity index (χ4n) is 2.49. The van der Waals surface area contributed by atoms with Crippen LogP contribution in [0.3, 0.4) is 0 Å². The fourth-order valence-corrected chi connectivity index (χ4v) is 2.49. The number of methoxy groups -OCH3 is 1. The number of nitriles is 1. The molecule has 0 N–H and O–H groups in total. The molecule has 0 aliphatic rings. The number of benzene rings is 2. The Hall–Kier alpha value is -3.79. The van der Waals surface area contributed by atoms with Crippen LogP contribution < -0.4 is 9.64 Å². The van der Waals surface area contributed by atoms with E-state index in [-0.39, 0.29) is 5.57 Å². The van der Waals surface area contributed by atoms with E-state index in [2.05, 4.69) is 9.72 Å². The van der Waals surface area contributed by atoms with Crippen LogP contribution in [0, 0.1) is 11.3 Å². The zero-order chi connectivity index (χ0) is 19.9. The number of anilines is 1. The van der Waals surface area contributed by atoms with E-state index in [1.165, 1.54) is 13.2 Å². The van der Waals surface area contributed by atoms with E-state index in [1.54, 1.807) is 24.3 Å². The van der Waals surface area contributed by atoms with Crippen molar-refractivity contribution in [1.29, 1.82) is 5.26 Å². The average molecular weight is 377 g/mol. The minimum absolute atomic E-state index is 0.0591. The molecule has 2 aromatic carbocycles. The molecule has 3 rings (SSSR count). The predicted molar refractivity (Wildman–Crippen MR) is 105 cm³/mol. The summed E-state index contributed by atoms with van der Waals surface area (Å²) in [5.74, 6) is 0.0183. The lowest BCUT2D eigenvalue weighted by Gasteiger charge is -2.14. The fraction of sp³-hybridized carbons (Fsp3) is 0.190. The highest BCUT2D eigenvalue weighted by Gasteiger charge is 2.10. The summed E-state index contributed by atoms with van der Waals surface area (Å²) < 4.78 is 16.0. The molecule has 1 heterocycles. The molecular formula is C21H19N3O4. The molecule has 0 unspecified atom stereocenters. The first kappa shape index (κ1) is 19.0. The summed E-state index contributed by atoms with van der Waals surface area (Å²) in [5.41, 5.74) is 2.21. The Morgan fingerprint density at radius 1 is 1.25 bits per heavy atom. The minimum atomic E-state index is -0.662. The lowest BCUT2D eigenvalue weighted by Crippen LogP contribution is -2.23. The lowest BCUT2D eigenvalue weighted by molar-refractivity contribution is -0.135. The largest absolute Gasteiger partial charge is 0.492 e. The zero-order valence-corrected chi connectivity index (χ0v) is 15.6. The number of para-hydroxylation sites is 2. The summed E-state index contributed by atoms with van der Waals surface area (Å²) in [6, 6.07) is 17.0. The van der Waals surface area contributed by atoms with Crippen molar-refractivity contribution >= 4 is 29.2 Å². The van der Waals surface area contributed by atoms with Crippen LogP contribution in [0.15, 0.2) is 58.5 Å². The van der Waals surface area contributed by atoms with Gasteiger partial charge in [-0.3, -0.25) is 0 Å². The second-order valence-electron chi connectivity index (χ2n) is 5.96. The van der Waals surface area contributed by atoms with Gasteiger partial charge in [0.25, 0.3) is 6.01 Å². The zero-order valence-electron chi connectivity index (χ0n) is 15.6. The van der Waals surface area contributed by atoms with Crippen molar-refractivity contribution in [3.8, 4) is 11.8 Å². The van der Waals surface area contributed by atoms with E-state index in [9.17, 15) is 4.79 Å². The van der Waals surface area contributed by atoms with Crippen molar-refractivity contribution in [2.45, 2.75) is 0 Å². The maximum absolute atomic E-state index is 11.4. The number of hydrogen-bond donors (Lipinski definition) is 0. The van der Waals surface area contributed by atoms with E-state index < -0.39 is 5.97 Å². The van der Waals surface area contributed by atoms with Gasteiger partial charge in [-0.2, -0.15) is 10.2 Å². The van der Waals surface area contributed by atoms with E-state index in [1.807, 2.05) is 42.3 Å². The SMILES string of the molecule is COC(=O)C(C#N)=Cc1ccc(OCCN(C)c2nc3ccccc3o2)cc1. The average Bonchev–Trinajstić information content (AvgIpc) is 3.17. The van der Waals surface area contributed by atoms with Gasteiger partial charge in [-0.1, -0.05) is 24.3 Å². The van der Waals surface area contributed by atoms with E-state index in [4.69, 9.17) is 14.4 Å². The standard InChI is InChI=1S/C21H19N3O4/c1-24(21-23-18-5-3-4-6-19(18)28-21)11-12-27-17-9-7-15(8-10-17)13-16(14-22)20(25)26-2/h3-10,13H,11-12H2,1-2H3. The third-order valence-corrected chi connectivity index (χ3v) is 4.02. The van der Waals surface area contributed by atoms with Gasteiger partial charge in [-0.05, 0) is 35.9 Å². The number of hydrogen-bond acceptors (Lipinski definition) is 7. The molecule has 7 nitrogen and oxygen atoms in total. The van der Waals surface area contributed by atoms with Gasteiger partial charge in [0.2, 0.25) is 0 Å². The van der Waals surface area contributed by atoms with Crippen molar-refractivity contribution in [2.24, 2.45) is 0 Å². The molecule has 0 saturated carbocycles. The van der Waals surface area contributed by atoms with Gasteiger partial charge in [-0.15, -0.1) is 0 Å². The normalized spacial score (nSPS) is 11.1. The minimum Gasteiger partial charge on any atom is -0.492 e. The summed E-state index contributed by atoms with van der Waals surface area (Å²) in [5, 5.41) is 8.99. The van der Waals surface area contributed by atoms with Crippen molar-refractivity contribution < 1.29 is 18.7 Å². The van der Waals surface area contributed by atoms with E-state index in [0.717, 1.165) is 11.1 Å². The molecule has 0 aliphatic heterocycles. The molecule has 0 saturated heterocycles. The molecule has 1 aromatic heterocycles. The Labute approximate surface area is 162 Å². The molecule has 28 heavy (non-hydrogen) atoms. The molecule has 0 atom stereocenters. The molecule has 142 valence electrons. The number of fused-ring (bicyclic) bond motifs is 1. The van der Waals surface area contributed by atoms with Gasteiger partial charge in [0, 0.05) is 7.05 Å². The van der Waals surface area contributed by atoms with Crippen molar-refractivity contribution in [1.82, 2.24) is 4.98 Å². The number of oxazole rings is 1. The lowest BCUT2D eigenvalue weighted by atomic mass is 10.1. The third-order valence-electron chi connectivity index (χ3n) is 4.02. The quantitative estimate of drug-likeness (QED) is 0.354. The Bertz CT molecular complexity index is 999. The molecule has 0 bridgehead atoms. The second kappa shape index (κ2) is 8.73. The van der Waals surface area contributed by atoms with Crippen LogP contribution in [-0.4, -0.2) is 38.3 Å². The highest BCUT2D eigenvalue weighted by atomic mass is 16.5. The second-order valence-corrected chi connectivity index (χ2v) is 5.96. The summed E-state index contributed by atoms with van der Waals surface area (Å²) in [6.45, 7) is 1.03. The molecule has 0 fully saturated rings. The Balaban J connectivity index is 1.55. The van der Waals surface area contributed by atoms with Crippen LogP contribution in [0.5, 0.6) is 5.75 Å². The maximum Gasteiger partial charge on any atom is 0.348 e. The molecule has 3 aromatic rings. The van der Waals surface area contributed by atoms with Gasteiger partial charge in [0.15, 0.2) is 5.58 Å². The number of aromatic nitrogens is 1. The summed E-state index contributed by atoms with van der Waals surface area (Å²) in [6.07, 6.45) is 1.47. The number of esters is 1. The van der Waals surface area contributed by atoms with Crippen LogP contribution in [0.4, 0.5) is 6.01 Å². The highest BCUT2D eigenvalue weighted by molar-refractivity contribution is 5.97. The molecule has 0 spiro atoms. The summed E-state index contributed by atoms with van der Waals surface area (Å²) >= 11 is 0. The smallest absolute Gasteiger partial charge is 0.348 e. The Morgan fingerprint density at radius 2 is 2.00 bits per heavy atom. The van der Waals surface area contributed by atoms with Crippen LogP contribution in [0.2, 0.25) is 0 Å². The summed E-state index contributed by atoms with van der Waals surface area (Å²) in [4.78, 5) is 17.8. The summed E-state index contributed by atoms with van der Waals surface area (Å²) in [7, 11) is 3.13. The Morgan fingerprint density at radius 3 is 2.68 bits per heavy atom. The molecule has 0 amide bonds. The highest BCUT2D eigenvalue weighted by Crippen LogP contribution is 2.20. The number of nitrogens with zero attached hydrogens (tertiary/aromatic N) is 3.